The van der Waals surface area contributed by atoms with Crippen LogP contribution in [0.5, 0.6) is 11.5 Å². The van der Waals surface area contributed by atoms with Crippen molar-refractivity contribution in [3.05, 3.63) is 54.1 Å². The molecule has 1 aliphatic rings. The number of aromatic nitrogens is 3. The average molecular weight is 434 g/mol. The molecule has 9 nitrogen and oxygen atoms in total. The van der Waals surface area contributed by atoms with Crippen molar-refractivity contribution < 1.29 is 9.47 Å². The summed E-state index contributed by atoms with van der Waals surface area (Å²) in [5.41, 5.74) is 4.60. The highest BCUT2D eigenvalue weighted by Gasteiger charge is 2.16. The number of methoxy groups -OCH3 is 2. The number of para-hydroxylation sites is 1. The number of nitrogens with zero attached hydrogens (tertiary/aromatic N) is 5. The van der Waals surface area contributed by atoms with Crippen molar-refractivity contribution >= 4 is 29.7 Å². The Kier molecular flexibility index (Phi) is 6.96. The third kappa shape index (κ3) is 5.42. The molecule has 2 aromatic carbocycles. The number of benzene rings is 2. The molecular weight excluding hydrogens is 406 g/mol. The van der Waals surface area contributed by atoms with Crippen molar-refractivity contribution in [2.24, 2.45) is 5.10 Å². The molecule has 0 radical (unpaired) electrons. The molecule has 3 aromatic rings. The molecule has 1 fully saturated rings. The molecule has 0 amide bonds. The summed E-state index contributed by atoms with van der Waals surface area (Å²) in [6, 6.07) is 15.3. The van der Waals surface area contributed by atoms with E-state index in [0.29, 0.717) is 29.3 Å². The monoisotopic (exact) mass is 433 g/mol. The van der Waals surface area contributed by atoms with E-state index < -0.39 is 0 Å². The molecule has 0 unspecified atom stereocenters. The first-order chi connectivity index (χ1) is 15.7. The van der Waals surface area contributed by atoms with E-state index in [4.69, 9.17) is 9.47 Å². The normalized spacial score (nSPS) is 13.8. The lowest BCUT2D eigenvalue weighted by atomic mass is 10.1. The van der Waals surface area contributed by atoms with E-state index >= 15 is 0 Å². The highest BCUT2D eigenvalue weighted by Crippen LogP contribution is 2.23. The van der Waals surface area contributed by atoms with Gasteiger partial charge in [0.2, 0.25) is 17.8 Å². The molecule has 32 heavy (non-hydrogen) atoms. The van der Waals surface area contributed by atoms with Crippen LogP contribution in [0.2, 0.25) is 0 Å². The van der Waals surface area contributed by atoms with Crippen LogP contribution in [-0.4, -0.2) is 48.5 Å². The maximum atomic E-state index is 5.40. The number of hydrazone groups is 1. The lowest BCUT2D eigenvalue weighted by molar-refractivity contribution is 0.402. The quantitative estimate of drug-likeness (QED) is 0.405. The van der Waals surface area contributed by atoms with Gasteiger partial charge in [0.05, 0.1) is 20.4 Å². The van der Waals surface area contributed by atoms with E-state index in [1.54, 1.807) is 20.4 Å². The molecule has 1 aliphatic heterocycles. The number of anilines is 4. The van der Waals surface area contributed by atoms with Crippen molar-refractivity contribution in [3.63, 3.8) is 0 Å². The van der Waals surface area contributed by atoms with Gasteiger partial charge < -0.3 is 19.7 Å². The second kappa shape index (κ2) is 10.4. The Hall–Kier alpha value is -3.88. The summed E-state index contributed by atoms with van der Waals surface area (Å²) >= 11 is 0. The molecule has 0 saturated carbocycles. The van der Waals surface area contributed by atoms with E-state index in [2.05, 4.69) is 35.7 Å². The Balaban J connectivity index is 1.58. The SMILES string of the molecule is COc1ccc(OC)c(/C=N\Nc2nc(Nc3ccccc3)nc(N3CCCCC3)n2)c1. The first-order valence-electron chi connectivity index (χ1n) is 10.6. The van der Waals surface area contributed by atoms with Gasteiger partial charge in [-0.05, 0) is 49.6 Å². The first-order valence-corrected chi connectivity index (χ1v) is 10.6. The predicted octanol–water partition coefficient (Wildman–Crippen LogP) is 4.07. The summed E-state index contributed by atoms with van der Waals surface area (Å²) in [4.78, 5) is 15.9. The summed E-state index contributed by atoms with van der Waals surface area (Å²) < 4.78 is 10.7. The second-order valence-corrected chi connectivity index (χ2v) is 7.30. The van der Waals surface area contributed by atoms with Crippen molar-refractivity contribution in [2.75, 3.05) is 43.0 Å². The van der Waals surface area contributed by atoms with Gasteiger partial charge in [0.25, 0.3) is 0 Å². The first kappa shape index (κ1) is 21.4. The van der Waals surface area contributed by atoms with Gasteiger partial charge in [-0.2, -0.15) is 20.1 Å². The topological polar surface area (TPSA) is 96.8 Å². The fraction of sp³-hybridized carbons (Fsp3) is 0.304. The van der Waals surface area contributed by atoms with E-state index in [1.165, 1.54) is 6.42 Å². The van der Waals surface area contributed by atoms with Gasteiger partial charge in [-0.1, -0.05) is 18.2 Å². The smallest absolute Gasteiger partial charge is 0.250 e. The fourth-order valence-corrected chi connectivity index (χ4v) is 3.46. The van der Waals surface area contributed by atoms with Gasteiger partial charge in [-0.3, -0.25) is 0 Å². The minimum atomic E-state index is 0.358. The largest absolute Gasteiger partial charge is 0.497 e. The molecule has 4 rings (SSSR count). The number of ether oxygens (including phenoxy) is 2. The maximum Gasteiger partial charge on any atom is 0.250 e. The zero-order valence-electron chi connectivity index (χ0n) is 18.3. The van der Waals surface area contributed by atoms with Crippen LogP contribution in [-0.2, 0) is 0 Å². The zero-order chi connectivity index (χ0) is 22.2. The molecule has 0 bridgehead atoms. The van der Waals surface area contributed by atoms with Crippen LogP contribution < -0.4 is 25.1 Å². The highest BCUT2D eigenvalue weighted by molar-refractivity contribution is 5.84. The van der Waals surface area contributed by atoms with Gasteiger partial charge in [-0.25, -0.2) is 5.43 Å². The molecule has 2 heterocycles. The molecule has 1 aromatic heterocycles. The Bertz CT molecular complexity index is 1050. The summed E-state index contributed by atoms with van der Waals surface area (Å²) in [6.45, 7) is 1.86. The maximum absolute atomic E-state index is 5.40. The number of hydrogen-bond donors (Lipinski definition) is 2. The lowest BCUT2D eigenvalue weighted by Gasteiger charge is -2.26. The summed E-state index contributed by atoms with van der Waals surface area (Å²) in [5.74, 6) is 2.86. The molecule has 0 aliphatic carbocycles. The van der Waals surface area contributed by atoms with E-state index in [1.807, 2.05) is 48.5 Å². The third-order valence-corrected chi connectivity index (χ3v) is 5.10. The van der Waals surface area contributed by atoms with Crippen LogP contribution in [0.4, 0.5) is 23.5 Å². The van der Waals surface area contributed by atoms with Crippen LogP contribution in [0.25, 0.3) is 0 Å². The molecule has 9 heteroatoms. The van der Waals surface area contributed by atoms with Gasteiger partial charge in [-0.15, -0.1) is 0 Å². The third-order valence-electron chi connectivity index (χ3n) is 5.10. The van der Waals surface area contributed by atoms with Crippen LogP contribution in [0.3, 0.4) is 0 Å². The summed E-state index contributed by atoms with van der Waals surface area (Å²) in [6.07, 6.45) is 5.14. The van der Waals surface area contributed by atoms with E-state index in [9.17, 15) is 0 Å². The average Bonchev–Trinajstić information content (AvgIpc) is 2.85. The van der Waals surface area contributed by atoms with Crippen LogP contribution in [0, 0.1) is 0 Å². The molecule has 2 N–H and O–H groups in total. The van der Waals surface area contributed by atoms with Crippen LogP contribution >= 0.6 is 0 Å². The summed E-state index contributed by atoms with van der Waals surface area (Å²) in [5, 5.41) is 7.57. The van der Waals surface area contributed by atoms with E-state index in [0.717, 1.165) is 37.2 Å². The van der Waals surface area contributed by atoms with Crippen LogP contribution in [0.15, 0.2) is 53.6 Å². The van der Waals surface area contributed by atoms with Crippen LogP contribution in [0.1, 0.15) is 24.8 Å². The number of hydrogen-bond acceptors (Lipinski definition) is 9. The Morgan fingerprint density at radius 2 is 1.69 bits per heavy atom. The number of rotatable bonds is 8. The minimum Gasteiger partial charge on any atom is -0.497 e. The molecule has 166 valence electrons. The van der Waals surface area contributed by atoms with Gasteiger partial charge in [0.15, 0.2) is 0 Å². The second-order valence-electron chi connectivity index (χ2n) is 7.30. The molecule has 1 saturated heterocycles. The van der Waals surface area contributed by atoms with E-state index in [-0.39, 0.29) is 0 Å². The number of nitrogens with one attached hydrogen (secondary N) is 2. The van der Waals surface area contributed by atoms with Crippen molar-refractivity contribution in [1.82, 2.24) is 15.0 Å². The van der Waals surface area contributed by atoms with Crippen molar-refractivity contribution in [2.45, 2.75) is 19.3 Å². The molecular formula is C23H27N7O2. The van der Waals surface area contributed by atoms with Gasteiger partial charge >= 0.3 is 0 Å². The zero-order valence-corrected chi connectivity index (χ0v) is 18.3. The standard InChI is InChI=1S/C23H27N7O2/c1-31-19-11-12-20(32-2)17(15-19)16-24-29-22-26-21(25-18-9-5-3-6-10-18)27-23(28-22)30-13-7-4-8-14-30/h3,5-6,9-12,15-16H,4,7-8,13-14H2,1-2H3,(H2,25,26,27,28,29)/b24-16-. The Labute approximate surface area is 187 Å². The van der Waals surface area contributed by atoms with Crippen molar-refractivity contribution in [1.29, 1.82) is 0 Å². The summed E-state index contributed by atoms with van der Waals surface area (Å²) in [7, 11) is 3.24. The Morgan fingerprint density at radius 3 is 2.44 bits per heavy atom. The molecule has 0 atom stereocenters. The predicted molar refractivity (Wildman–Crippen MR) is 126 cm³/mol. The lowest BCUT2D eigenvalue weighted by Crippen LogP contribution is -2.31. The Morgan fingerprint density at radius 1 is 0.906 bits per heavy atom. The van der Waals surface area contributed by atoms with Gasteiger partial charge in [0, 0.05) is 24.3 Å². The molecule has 0 spiro atoms. The fourth-order valence-electron chi connectivity index (χ4n) is 3.46. The van der Waals surface area contributed by atoms with Gasteiger partial charge in [0.1, 0.15) is 11.5 Å². The minimum absolute atomic E-state index is 0.358. The number of piperidine rings is 1. The highest BCUT2D eigenvalue weighted by atomic mass is 16.5. The van der Waals surface area contributed by atoms with Crippen molar-refractivity contribution in [3.8, 4) is 11.5 Å².